The van der Waals surface area contributed by atoms with Crippen LogP contribution in [0.3, 0.4) is 0 Å². The molecule has 0 aliphatic carbocycles. The Balaban J connectivity index is 0.0000360. The first-order valence-corrected chi connectivity index (χ1v) is 15.8. The van der Waals surface area contributed by atoms with E-state index in [-0.39, 0.29) is 39.7 Å². The zero-order valence-electron chi connectivity index (χ0n) is 30.3. The number of methoxy groups -OCH3 is 2. The van der Waals surface area contributed by atoms with E-state index in [2.05, 4.69) is 23.7 Å². The molecule has 0 spiro atoms. The van der Waals surface area contributed by atoms with E-state index < -0.39 is 146 Å². The first kappa shape index (κ1) is 58.1. The van der Waals surface area contributed by atoms with Crippen molar-refractivity contribution in [2.45, 2.75) is 99.5 Å². The van der Waals surface area contributed by atoms with Crippen LogP contribution in [0.15, 0.2) is 36.4 Å². The summed E-state index contributed by atoms with van der Waals surface area (Å²) < 4.78 is 356. The Bertz CT molecular complexity index is 1490. The minimum atomic E-state index is -6.98. The van der Waals surface area contributed by atoms with Gasteiger partial charge in [0.05, 0.1) is 26.4 Å². The van der Waals surface area contributed by atoms with Crippen LogP contribution in [0.25, 0.3) is 0 Å². The third-order valence-electron chi connectivity index (χ3n) is 8.34. The van der Waals surface area contributed by atoms with Crippen molar-refractivity contribution in [3.05, 3.63) is 47.5 Å². The Labute approximate surface area is 329 Å². The van der Waals surface area contributed by atoms with Crippen LogP contribution < -0.4 is 0 Å². The fourth-order valence-electron chi connectivity index (χ4n) is 5.30. The van der Waals surface area contributed by atoms with Crippen LogP contribution in [0.1, 0.15) is 38.8 Å². The van der Waals surface area contributed by atoms with Gasteiger partial charge in [0.2, 0.25) is 0 Å². The quantitative estimate of drug-likeness (QED) is 0.115. The molecule has 0 heterocycles. The van der Waals surface area contributed by atoms with Crippen LogP contribution in [-0.2, 0) is 34.9 Å². The Kier molecular flexibility index (Phi) is 18.1. The molecule has 0 saturated heterocycles. The molecule has 0 bridgehead atoms. The number of rotatable bonds is 17. The van der Waals surface area contributed by atoms with E-state index in [1.807, 2.05) is 0 Å². The molecule has 360 valence electrons. The molecular formula is C32H34F24O5. The summed E-state index contributed by atoms with van der Waals surface area (Å²) in [4.78, 5) is 0. The molecule has 2 atom stereocenters. The molecule has 1 aromatic rings. The minimum Gasteiger partial charge on any atom is -0.384 e. The lowest BCUT2D eigenvalue weighted by atomic mass is 9.85. The summed E-state index contributed by atoms with van der Waals surface area (Å²) in [5.41, 5.74) is -28.2. The van der Waals surface area contributed by atoms with E-state index in [9.17, 15) is 105 Å². The molecule has 0 aliphatic heterocycles. The van der Waals surface area contributed by atoms with E-state index in [1.54, 1.807) is 0 Å². The molecule has 1 rings (SSSR count). The maximum Gasteiger partial charge on any atom is 0.430 e. The second kappa shape index (κ2) is 19.0. The van der Waals surface area contributed by atoms with Crippen molar-refractivity contribution >= 4 is 0 Å². The average Bonchev–Trinajstić information content (AvgIpc) is 3.00. The fourth-order valence-corrected chi connectivity index (χ4v) is 5.30. The summed E-state index contributed by atoms with van der Waals surface area (Å²) >= 11 is 0. The molecule has 61 heavy (non-hydrogen) atoms. The van der Waals surface area contributed by atoms with Gasteiger partial charge in [-0.05, 0) is 12.1 Å². The molecule has 29 heteroatoms. The van der Waals surface area contributed by atoms with Crippen LogP contribution in [0.2, 0.25) is 0 Å². The number of hydrogen-bond acceptors (Lipinski definition) is 5. The van der Waals surface area contributed by atoms with Crippen molar-refractivity contribution < 1.29 is 129 Å². The van der Waals surface area contributed by atoms with Gasteiger partial charge >= 0.3 is 49.4 Å². The van der Waals surface area contributed by atoms with Gasteiger partial charge < -0.3 is 23.7 Å². The third kappa shape index (κ3) is 11.4. The Hall–Kier alpha value is -2.92. The predicted molar refractivity (Wildman–Crippen MR) is 159 cm³/mol. The molecule has 0 N–H and O–H groups in total. The molecule has 1 aromatic carbocycles. The molecule has 2 unspecified atom stereocenters. The highest BCUT2D eigenvalue weighted by Gasteiger charge is 2.77. The number of benzene rings is 1. The highest BCUT2D eigenvalue weighted by molar-refractivity contribution is 5.37. The van der Waals surface area contributed by atoms with Gasteiger partial charge in [-0.15, -0.1) is 0 Å². The van der Waals surface area contributed by atoms with Crippen molar-refractivity contribution in [3.8, 4) is 0 Å². The molecule has 0 aromatic heterocycles. The highest BCUT2D eigenvalue weighted by Crippen LogP contribution is 2.57. The lowest BCUT2D eigenvalue weighted by Crippen LogP contribution is -2.60. The van der Waals surface area contributed by atoms with Crippen molar-refractivity contribution in [1.29, 1.82) is 0 Å². The van der Waals surface area contributed by atoms with Crippen LogP contribution in [0.4, 0.5) is 105 Å². The second-order valence-electron chi connectivity index (χ2n) is 12.9. The predicted octanol–water partition coefficient (Wildman–Crippen LogP) is 12.3. The molecule has 0 amide bonds. The topological polar surface area (TPSA) is 46.2 Å². The largest absolute Gasteiger partial charge is 0.430 e. The van der Waals surface area contributed by atoms with Gasteiger partial charge in [-0.3, -0.25) is 0 Å². The first-order valence-electron chi connectivity index (χ1n) is 15.8. The van der Waals surface area contributed by atoms with Crippen LogP contribution in [0, 0.1) is 11.8 Å². The summed E-state index contributed by atoms with van der Waals surface area (Å²) in [6, 6.07) is -1.73. The zero-order valence-corrected chi connectivity index (χ0v) is 30.3. The smallest absolute Gasteiger partial charge is 0.384 e. The van der Waals surface area contributed by atoms with Gasteiger partial charge in [0.25, 0.3) is 22.4 Å². The van der Waals surface area contributed by atoms with Crippen molar-refractivity contribution in [3.63, 3.8) is 0 Å². The number of ether oxygens (including phenoxy) is 5. The molecule has 5 nitrogen and oxygen atoms in total. The van der Waals surface area contributed by atoms with E-state index in [4.69, 9.17) is 0 Å². The Morgan fingerprint density at radius 1 is 0.475 bits per heavy atom. The summed E-state index contributed by atoms with van der Waals surface area (Å²) in [7, 11) is 0.667. The molecule has 0 aliphatic rings. The van der Waals surface area contributed by atoms with Gasteiger partial charge in [-0.25, -0.2) is 0 Å². The molecule has 0 saturated carbocycles. The summed E-state index contributed by atoms with van der Waals surface area (Å²) in [5, 5.41) is 0. The van der Waals surface area contributed by atoms with E-state index in [0.29, 0.717) is 0 Å². The number of alkyl halides is 24. The lowest BCUT2D eigenvalue weighted by Gasteiger charge is -2.40. The van der Waals surface area contributed by atoms with Gasteiger partial charge in [0.1, 0.15) is 0 Å². The van der Waals surface area contributed by atoms with Crippen LogP contribution in [0.5, 0.6) is 0 Å². The maximum atomic E-state index is 14.4. The van der Waals surface area contributed by atoms with Gasteiger partial charge in [-0.1, -0.05) is 45.5 Å². The Morgan fingerprint density at radius 2 is 0.836 bits per heavy atom. The average molecular weight is 955 g/mol. The highest BCUT2D eigenvalue weighted by atomic mass is 19.4. The van der Waals surface area contributed by atoms with Gasteiger partial charge in [0, 0.05) is 43.6 Å². The van der Waals surface area contributed by atoms with Crippen molar-refractivity contribution in [2.75, 3.05) is 40.6 Å². The van der Waals surface area contributed by atoms with E-state index in [0.717, 1.165) is 14.0 Å². The molecule has 0 fully saturated rings. The molecular weight excluding hydrogens is 920 g/mol. The van der Waals surface area contributed by atoms with Crippen molar-refractivity contribution in [2.24, 2.45) is 11.8 Å². The maximum absolute atomic E-state index is 14.4. The first-order chi connectivity index (χ1) is 26.5. The fraction of sp³-hybridized carbons (Fsp3) is 0.750. The zero-order chi connectivity index (χ0) is 47.6. The standard InChI is InChI=1S/C31H30F24O5.CH4/c1-16(12-56-3)13-58-20(24(32,33)34,25(35,36)37)9-6-10-21(26(38,39)40,27(41,42)43)59-14-17(2)15-60-23(30(50,51)52,31(53,54)55)19-8-5-7-18(11-19)22(57-4,28(44,45)46)29(47,48)49;/h5-9,11,16-17H,10,12-15H2,1-4H3;1H4/b9-6+;. The number of halogens is 24. The Morgan fingerprint density at radius 3 is 1.18 bits per heavy atom. The summed E-state index contributed by atoms with van der Waals surface area (Å²) in [6.07, 6.45) is -59.6. The van der Waals surface area contributed by atoms with Crippen LogP contribution >= 0.6 is 0 Å². The summed E-state index contributed by atoms with van der Waals surface area (Å²) in [6.45, 7) is -5.62. The minimum absolute atomic E-state index is 0. The van der Waals surface area contributed by atoms with Crippen LogP contribution in [-0.4, -0.2) is 101 Å². The molecule has 0 radical (unpaired) electrons. The van der Waals surface area contributed by atoms with E-state index >= 15 is 0 Å². The third-order valence-corrected chi connectivity index (χ3v) is 8.34. The lowest BCUT2D eigenvalue weighted by molar-refractivity contribution is -0.395. The monoisotopic (exact) mass is 954 g/mol. The SMILES string of the molecule is C.COCC(C)COC(/C=C/CC(OCC(C)COC(c1cccc(C(OC)(C(F)(F)F)C(F)(F)F)c1)(C(F)(F)F)C(F)(F)F)(C(F)(F)F)C(F)(F)F)(C(F)(F)F)C(F)(F)F. The number of hydrogen-bond donors (Lipinski definition) is 0. The van der Waals surface area contributed by atoms with Crippen molar-refractivity contribution in [1.82, 2.24) is 0 Å². The summed E-state index contributed by atoms with van der Waals surface area (Å²) in [5.74, 6) is -3.90. The normalized spacial score (nSPS) is 16.2. The van der Waals surface area contributed by atoms with Gasteiger partial charge in [-0.2, -0.15) is 105 Å². The second-order valence-corrected chi connectivity index (χ2v) is 12.9. The van der Waals surface area contributed by atoms with E-state index in [1.165, 1.54) is 0 Å². The van der Waals surface area contributed by atoms with Gasteiger partial charge in [0.15, 0.2) is 0 Å².